The van der Waals surface area contributed by atoms with Crippen LogP contribution in [0, 0.1) is 17.8 Å². The van der Waals surface area contributed by atoms with Crippen LogP contribution in [0.25, 0.3) is 33.6 Å². The highest BCUT2D eigenvalue weighted by atomic mass is 19.1. The summed E-state index contributed by atoms with van der Waals surface area (Å²) >= 11 is 0. The zero-order valence-corrected chi connectivity index (χ0v) is 19.3. The number of hydrogen-bond donors (Lipinski definition) is 4. The molecule has 4 fully saturated rings. The number of aromatic amines is 2. The van der Waals surface area contributed by atoms with Crippen LogP contribution in [0.5, 0.6) is 0 Å². The summed E-state index contributed by atoms with van der Waals surface area (Å²) in [6, 6.07) is 18.2. The quantitative estimate of drug-likeness (QED) is 0.329. The lowest BCUT2D eigenvalue weighted by atomic mass is 10.0. The third kappa shape index (κ3) is 3.45. The van der Waals surface area contributed by atoms with Crippen molar-refractivity contribution < 1.29 is 4.39 Å². The Labute approximate surface area is 202 Å². The Hall–Kier alpha value is -3.29. The summed E-state index contributed by atoms with van der Waals surface area (Å²) < 4.78 is 14.7. The number of halogens is 1. The van der Waals surface area contributed by atoms with E-state index in [9.17, 15) is 4.39 Å². The van der Waals surface area contributed by atoms with Crippen molar-refractivity contribution in [3.8, 4) is 33.6 Å². The van der Waals surface area contributed by atoms with E-state index in [0.29, 0.717) is 29.6 Å². The van der Waals surface area contributed by atoms with Crippen LogP contribution in [0.4, 0.5) is 4.39 Å². The third-order valence-electron chi connectivity index (χ3n) is 8.36. The number of rotatable bonds is 5. The largest absolute Gasteiger partial charge is 0.347 e. The van der Waals surface area contributed by atoms with Gasteiger partial charge in [-0.25, -0.2) is 9.97 Å². The van der Waals surface area contributed by atoms with Crippen LogP contribution >= 0.6 is 0 Å². The van der Waals surface area contributed by atoms with Crippen molar-refractivity contribution in [2.45, 2.75) is 49.9 Å². The molecule has 2 unspecified atom stereocenters. The molecule has 4 aromatic rings. The maximum absolute atomic E-state index is 14.7. The van der Waals surface area contributed by atoms with Gasteiger partial charge < -0.3 is 20.6 Å². The SMILES string of the molecule is Fc1[nH]c([C@@H]2CC3C[C@H]3N2)nc1-c1ccc(-c2ccc(-c3c[nH]c([C@@H]4C[C@H]5CC5N4)n3)cc2)cc1. The zero-order chi connectivity index (χ0) is 23.1. The van der Waals surface area contributed by atoms with Crippen molar-refractivity contribution >= 4 is 0 Å². The molecule has 0 amide bonds. The third-order valence-corrected chi connectivity index (χ3v) is 8.36. The lowest BCUT2D eigenvalue weighted by molar-refractivity contribution is 0.528. The molecule has 0 bridgehead atoms. The highest BCUT2D eigenvalue weighted by molar-refractivity contribution is 5.71. The van der Waals surface area contributed by atoms with E-state index in [1.165, 1.54) is 19.3 Å². The molecule has 8 rings (SSSR count). The number of piperidine rings is 2. The molecule has 2 aromatic carbocycles. The minimum absolute atomic E-state index is 0.144. The normalized spacial score (nSPS) is 30.3. The first kappa shape index (κ1) is 20.0. The molecule has 6 nitrogen and oxygen atoms in total. The van der Waals surface area contributed by atoms with Gasteiger partial charge in [0.2, 0.25) is 5.95 Å². The second-order valence-corrected chi connectivity index (χ2v) is 10.7. The lowest BCUT2D eigenvalue weighted by Gasteiger charge is -2.09. The molecule has 4 N–H and O–H groups in total. The molecule has 2 aliphatic heterocycles. The van der Waals surface area contributed by atoms with Gasteiger partial charge in [-0.3, -0.25) is 0 Å². The first-order chi connectivity index (χ1) is 17.2. The molecule has 35 heavy (non-hydrogen) atoms. The van der Waals surface area contributed by atoms with Crippen LogP contribution in [-0.2, 0) is 0 Å². The number of benzene rings is 2. The van der Waals surface area contributed by atoms with E-state index < -0.39 is 0 Å². The van der Waals surface area contributed by atoms with Crippen molar-refractivity contribution in [3.63, 3.8) is 0 Å². The van der Waals surface area contributed by atoms with Gasteiger partial charge in [0.15, 0.2) is 0 Å². The van der Waals surface area contributed by atoms with Crippen LogP contribution in [0.15, 0.2) is 54.7 Å². The van der Waals surface area contributed by atoms with E-state index in [1.54, 1.807) is 0 Å². The molecule has 2 aliphatic carbocycles. The fraction of sp³-hybridized carbons (Fsp3) is 0.357. The topological polar surface area (TPSA) is 81.4 Å². The molecule has 6 atom stereocenters. The standard InChI is InChI=1S/C28H27FN6/c29-26-25(34-28(35-26)23-12-19-10-21(19)32-23)17-7-3-15(4-8-17)14-1-5-16(6-2-14)24-13-30-27(33-24)22-11-18-9-20(18)31-22/h1-8,13,18-23,31-32H,9-12H2,(H,30,33)(H,34,35)/t18-,19?,20?,21-,22+,23+/m1/s1. The molecule has 2 aromatic heterocycles. The number of nitrogens with zero attached hydrogens (tertiary/aromatic N) is 2. The predicted molar refractivity (Wildman–Crippen MR) is 132 cm³/mol. The van der Waals surface area contributed by atoms with Gasteiger partial charge in [0, 0.05) is 29.4 Å². The van der Waals surface area contributed by atoms with Gasteiger partial charge in [0.25, 0.3) is 0 Å². The van der Waals surface area contributed by atoms with Gasteiger partial charge in [-0.05, 0) is 48.6 Å². The Bertz CT molecular complexity index is 1380. The van der Waals surface area contributed by atoms with Crippen molar-refractivity contribution in [1.82, 2.24) is 30.6 Å². The van der Waals surface area contributed by atoms with Crippen molar-refractivity contribution in [1.29, 1.82) is 0 Å². The first-order valence-electron chi connectivity index (χ1n) is 12.7. The molecule has 4 aliphatic rings. The predicted octanol–water partition coefficient (Wildman–Crippen LogP) is 5.12. The Morgan fingerprint density at radius 1 is 0.657 bits per heavy atom. The molecule has 2 saturated carbocycles. The number of fused-ring (bicyclic) bond motifs is 2. The summed E-state index contributed by atoms with van der Waals surface area (Å²) in [4.78, 5) is 15.7. The molecule has 0 spiro atoms. The Balaban J connectivity index is 0.987. The molecule has 2 saturated heterocycles. The van der Waals surface area contributed by atoms with Crippen molar-refractivity contribution in [2.24, 2.45) is 11.8 Å². The first-order valence-corrected chi connectivity index (χ1v) is 12.7. The van der Waals surface area contributed by atoms with Crippen LogP contribution in [-0.4, -0.2) is 32.0 Å². The number of hydrogen-bond acceptors (Lipinski definition) is 4. The summed E-state index contributed by atoms with van der Waals surface area (Å²) in [5.74, 6) is 2.99. The molecule has 7 heteroatoms. The molecule has 0 radical (unpaired) electrons. The second-order valence-electron chi connectivity index (χ2n) is 10.7. The maximum atomic E-state index is 14.7. The van der Waals surface area contributed by atoms with Gasteiger partial charge in [-0.2, -0.15) is 4.39 Å². The van der Waals surface area contributed by atoms with E-state index >= 15 is 0 Å². The van der Waals surface area contributed by atoms with Gasteiger partial charge in [0.1, 0.15) is 17.3 Å². The summed E-state index contributed by atoms with van der Waals surface area (Å²) in [5.41, 5.74) is 5.46. The Kier molecular flexibility index (Phi) is 4.19. The van der Waals surface area contributed by atoms with E-state index in [1.807, 2.05) is 30.5 Å². The van der Waals surface area contributed by atoms with Crippen molar-refractivity contribution in [3.05, 3.63) is 72.3 Å². The van der Waals surface area contributed by atoms with E-state index in [2.05, 4.69) is 49.9 Å². The fourth-order valence-corrected chi connectivity index (χ4v) is 6.11. The summed E-state index contributed by atoms with van der Waals surface area (Å²) in [6.07, 6.45) is 6.80. The minimum atomic E-state index is -0.359. The average molecular weight is 467 g/mol. The highest BCUT2D eigenvalue weighted by Crippen LogP contribution is 2.46. The minimum Gasteiger partial charge on any atom is -0.347 e. The van der Waals surface area contributed by atoms with Crippen LogP contribution in [0.3, 0.4) is 0 Å². The zero-order valence-electron chi connectivity index (χ0n) is 19.3. The lowest BCUT2D eigenvalue weighted by Crippen LogP contribution is -2.18. The van der Waals surface area contributed by atoms with Gasteiger partial charge >= 0.3 is 0 Å². The van der Waals surface area contributed by atoms with Gasteiger partial charge in [0.05, 0.1) is 17.8 Å². The highest BCUT2D eigenvalue weighted by Gasteiger charge is 2.47. The van der Waals surface area contributed by atoms with Gasteiger partial charge in [-0.1, -0.05) is 48.5 Å². The average Bonchev–Trinajstić information content (AvgIpc) is 3.47. The molecular weight excluding hydrogens is 439 g/mol. The monoisotopic (exact) mass is 466 g/mol. The van der Waals surface area contributed by atoms with Crippen LogP contribution in [0.2, 0.25) is 0 Å². The smallest absolute Gasteiger partial charge is 0.219 e. The van der Waals surface area contributed by atoms with Crippen molar-refractivity contribution in [2.75, 3.05) is 0 Å². The Morgan fingerprint density at radius 3 is 1.83 bits per heavy atom. The molecule has 176 valence electrons. The summed E-state index contributed by atoms with van der Waals surface area (Å²) in [6.45, 7) is 0. The van der Waals surface area contributed by atoms with E-state index in [4.69, 9.17) is 4.98 Å². The summed E-state index contributed by atoms with van der Waals surface area (Å²) in [7, 11) is 0. The number of imidazole rings is 2. The van der Waals surface area contributed by atoms with Crippen LogP contribution < -0.4 is 10.6 Å². The summed E-state index contributed by atoms with van der Waals surface area (Å²) in [5, 5.41) is 7.18. The number of nitrogens with one attached hydrogen (secondary N) is 4. The van der Waals surface area contributed by atoms with E-state index in [-0.39, 0.29) is 12.0 Å². The maximum Gasteiger partial charge on any atom is 0.219 e. The molecule has 4 heterocycles. The Morgan fingerprint density at radius 2 is 1.23 bits per heavy atom. The molecular formula is C28H27FN6. The number of aromatic nitrogens is 4. The van der Waals surface area contributed by atoms with E-state index in [0.717, 1.165) is 52.0 Å². The second kappa shape index (κ2) is 7.35. The van der Waals surface area contributed by atoms with Crippen LogP contribution in [0.1, 0.15) is 49.4 Å². The fourth-order valence-electron chi connectivity index (χ4n) is 6.11. The number of H-pyrrole nitrogens is 2. The van der Waals surface area contributed by atoms with Gasteiger partial charge in [-0.15, -0.1) is 0 Å².